The van der Waals surface area contributed by atoms with Crippen LogP contribution >= 0.6 is 11.9 Å². The minimum atomic E-state index is 1.02. The molecule has 0 aromatic carbocycles. The van der Waals surface area contributed by atoms with Crippen LogP contribution in [0.2, 0.25) is 0 Å². The number of fused-ring (bicyclic) bond motifs is 1. The molecule has 0 atom stereocenters. The first-order valence-corrected chi connectivity index (χ1v) is 3.69. The van der Waals surface area contributed by atoms with Crippen molar-refractivity contribution in [3.63, 3.8) is 0 Å². The second-order valence-electron chi connectivity index (χ2n) is 1.88. The third-order valence-electron chi connectivity index (χ3n) is 1.24. The van der Waals surface area contributed by atoms with Crippen LogP contribution in [0.25, 0.3) is 11.5 Å². The number of nitrogens with one attached hydrogen (secondary N) is 1. The van der Waals surface area contributed by atoms with Gasteiger partial charge in [0, 0.05) is 28.8 Å². The first-order valence-electron chi connectivity index (χ1n) is 2.86. The van der Waals surface area contributed by atoms with Gasteiger partial charge in [-0.05, 0) is 6.08 Å². The standard InChI is InChI=1S/C6H5N3S/c1-2-8-10-4-5-3-7-9-6(1)5/h1-4,9H. The number of aromatic nitrogens is 2. The molecule has 1 aromatic heterocycles. The van der Waals surface area contributed by atoms with Gasteiger partial charge in [-0.3, -0.25) is 5.10 Å². The van der Waals surface area contributed by atoms with Crippen molar-refractivity contribution in [2.45, 2.75) is 0 Å². The lowest BCUT2D eigenvalue weighted by atomic mass is 10.4. The van der Waals surface area contributed by atoms with Gasteiger partial charge >= 0.3 is 0 Å². The molecule has 1 aliphatic rings. The van der Waals surface area contributed by atoms with Gasteiger partial charge in [0.05, 0.1) is 11.5 Å². The van der Waals surface area contributed by atoms with Crippen molar-refractivity contribution in [2.75, 3.05) is 0 Å². The summed E-state index contributed by atoms with van der Waals surface area (Å²) in [6.07, 6.45) is 5.44. The van der Waals surface area contributed by atoms with Gasteiger partial charge in [-0.15, -0.1) is 0 Å². The van der Waals surface area contributed by atoms with Gasteiger partial charge in [0.15, 0.2) is 0 Å². The number of nitrogens with zero attached hydrogens (tertiary/aromatic N) is 2. The first kappa shape index (κ1) is 5.73. The van der Waals surface area contributed by atoms with Gasteiger partial charge in [-0.25, -0.2) is 4.40 Å². The quantitative estimate of drug-likeness (QED) is 0.515. The molecule has 10 heavy (non-hydrogen) atoms. The van der Waals surface area contributed by atoms with Crippen LogP contribution in [0.1, 0.15) is 0 Å². The molecule has 0 unspecified atom stereocenters. The molecule has 1 N–H and O–H groups in total. The average Bonchev–Trinajstić information content (AvgIpc) is 2.28. The van der Waals surface area contributed by atoms with Crippen molar-refractivity contribution < 1.29 is 0 Å². The Kier molecular flexibility index (Phi) is 1.32. The van der Waals surface area contributed by atoms with Crippen LogP contribution in [-0.2, 0) is 0 Å². The molecule has 2 heterocycles. The smallest absolute Gasteiger partial charge is 0.0671 e. The largest absolute Gasteiger partial charge is 0.278 e. The molecule has 0 spiro atoms. The minimum Gasteiger partial charge on any atom is -0.278 e. The van der Waals surface area contributed by atoms with E-state index in [-0.39, 0.29) is 0 Å². The van der Waals surface area contributed by atoms with E-state index in [9.17, 15) is 0 Å². The number of hydrogen-bond acceptors (Lipinski definition) is 3. The zero-order valence-corrected chi connectivity index (χ0v) is 5.93. The third-order valence-corrected chi connectivity index (χ3v) is 1.85. The Morgan fingerprint density at radius 1 is 1.50 bits per heavy atom. The Hall–Kier alpha value is -1.03. The van der Waals surface area contributed by atoms with Crippen LogP contribution in [0.4, 0.5) is 0 Å². The second kappa shape index (κ2) is 2.30. The van der Waals surface area contributed by atoms with Gasteiger partial charge in [-0.1, -0.05) is 0 Å². The summed E-state index contributed by atoms with van der Waals surface area (Å²) in [5, 5.41) is 10.8. The average molecular weight is 151 g/mol. The summed E-state index contributed by atoms with van der Waals surface area (Å²) in [5.41, 5.74) is 0. The predicted octanol–water partition coefficient (Wildman–Crippen LogP) is -0.339. The topological polar surface area (TPSA) is 41.0 Å². The molecule has 3 nitrogen and oxygen atoms in total. The lowest BCUT2D eigenvalue weighted by Gasteiger charge is -1.71. The Balaban J connectivity index is 2.82. The Labute approximate surface area is 61.7 Å². The molecule has 0 aliphatic carbocycles. The molecule has 0 saturated carbocycles. The first-order chi connectivity index (χ1) is 4.97. The summed E-state index contributed by atoms with van der Waals surface area (Å²) < 4.78 is 3.99. The van der Waals surface area contributed by atoms with Crippen LogP contribution in [0.5, 0.6) is 0 Å². The van der Waals surface area contributed by atoms with Crippen molar-refractivity contribution in [2.24, 2.45) is 4.40 Å². The molecule has 0 amide bonds. The Bertz CT molecular complexity index is 363. The molecular weight excluding hydrogens is 146 g/mol. The van der Waals surface area contributed by atoms with Crippen LogP contribution in [0.3, 0.4) is 0 Å². The highest BCUT2D eigenvalue weighted by molar-refractivity contribution is 8.05. The van der Waals surface area contributed by atoms with Crippen molar-refractivity contribution in [3.05, 3.63) is 16.8 Å². The molecule has 2 rings (SSSR count). The third kappa shape index (κ3) is 0.863. The maximum atomic E-state index is 3.99. The molecule has 1 aliphatic heterocycles. The summed E-state index contributed by atoms with van der Waals surface area (Å²) in [6.45, 7) is 0. The zero-order chi connectivity index (χ0) is 6.81. The number of hydrogen-bond donors (Lipinski definition) is 1. The molecule has 1 aromatic rings. The van der Waals surface area contributed by atoms with E-state index in [1.54, 1.807) is 12.4 Å². The van der Waals surface area contributed by atoms with E-state index in [0.717, 1.165) is 10.6 Å². The summed E-state index contributed by atoms with van der Waals surface area (Å²) in [5.74, 6) is 0. The molecule has 0 radical (unpaired) electrons. The Morgan fingerprint density at radius 3 is 3.50 bits per heavy atom. The highest BCUT2D eigenvalue weighted by atomic mass is 32.2. The van der Waals surface area contributed by atoms with Crippen LogP contribution in [0, 0.1) is 0 Å². The van der Waals surface area contributed by atoms with Crippen LogP contribution < -0.4 is 10.6 Å². The number of aromatic amines is 1. The summed E-state index contributed by atoms with van der Waals surface area (Å²) >= 11 is 1.42. The lowest BCUT2D eigenvalue weighted by molar-refractivity contribution is 1.06. The summed E-state index contributed by atoms with van der Waals surface area (Å²) in [4.78, 5) is 0. The maximum Gasteiger partial charge on any atom is 0.0671 e. The van der Waals surface area contributed by atoms with Crippen LogP contribution in [0.15, 0.2) is 10.6 Å². The fourth-order valence-electron chi connectivity index (χ4n) is 0.760. The van der Waals surface area contributed by atoms with Gasteiger partial charge < -0.3 is 0 Å². The monoisotopic (exact) mass is 151 g/mol. The van der Waals surface area contributed by atoms with E-state index in [1.165, 1.54) is 11.9 Å². The van der Waals surface area contributed by atoms with Crippen molar-refractivity contribution in [1.29, 1.82) is 0 Å². The number of H-pyrrole nitrogens is 1. The zero-order valence-electron chi connectivity index (χ0n) is 5.11. The van der Waals surface area contributed by atoms with Crippen molar-refractivity contribution in [3.8, 4) is 0 Å². The fourth-order valence-corrected chi connectivity index (χ4v) is 1.25. The normalized spacial score (nSPS) is 14.8. The molecule has 0 bridgehead atoms. The lowest BCUT2D eigenvalue weighted by Crippen LogP contribution is -2.20. The minimum absolute atomic E-state index is 1.02. The van der Waals surface area contributed by atoms with Gasteiger partial charge in [0.25, 0.3) is 0 Å². The molecule has 0 saturated heterocycles. The van der Waals surface area contributed by atoms with Gasteiger partial charge in [0.2, 0.25) is 0 Å². The highest BCUT2D eigenvalue weighted by Crippen LogP contribution is 2.01. The Morgan fingerprint density at radius 2 is 2.50 bits per heavy atom. The molecule has 4 heteroatoms. The number of rotatable bonds is 0. The van der Waals surface area contributed by atoms with Gasteiger partial charge in [-0.2, -0.15) is 5.10 Å². The molecular formula is C6H5N3S. The van der Waals surface area contributed by atoms with E-state index < -0.39 is 0 Å². The second-order valence-corrected chi connectivity index (χ2v) is 2.54. The maximum absolute atomic E-state index is 3.99. The SMILES string of the molecule is C1=NSC=c2cn[nH]c2=C1. The van der Waals surface area contributed by atoms with E-state index in [4.69, 9.17) is 0 Å². The van der Waals surface area contributed by atoms with E-state index in [0.29, 0.717) is 0 Å². The van der Waals surface area contributed by atoms with E-state index >= 15 is 0 Å². The fraction of sp³-hybridized carbons (Fsp3) is 0. The predicted molar refractivity (Wildman–Crippen MR) is 42.9 cm³/mol. The summed E-state index contributed by atoms with van der Waals surface area (Å²) in [6, 6.07) is 0. The highest BCUT2D eigenvalue weighted by Gasteiger charge is 1.88. The van der Waals surface area contributed by atoms with Gasteiger partial charge in [0.1, 0.15) is 0 Å². The van der Waals surface area contributed by atoms with E-state index in [2.05, 4.69) is 14.6 Å². The molecule has 50 valence electrons. The van der Waals surface area contributed by atoms with Crippen molar-refractivity contribution in [1.82, 2.24) is 10.2 Å². The van der Waals surface area contributed by atoms with Crippen LogP contribution in [-0.4, -0.2) is 16.4 Å². The molecule has 0 fully saturated rings. The summed E-state index contributed by atoms with van der Waals surface area (Å²) in [7, 11) is 0. The van der Waals surface area contributed by atoms with Crippen molar-refractivity contribution >= 4 is 29.6 Å². The van der Waals surface area contributed by atoms with E-state index in [1.807, 2.05) is 11.5 Å².